The van der Waals surface area contributed by atoms with Crippen LogP contribution in [0.5, 0.6) is 0 Å². The largest absolute Gasteiger partial charge is 0.378 e. The third-order valence-electron chi connectivity index (χ3n) is 3.10. The first-order valence-corrected chi connectivity index (χ1v) is 4.88. The van der Waals surface area contributed by atoms with Crippen LogP contribution in [0.2, 0.25) is 0 Å². The second kappa shape index (κ2) is 2.38. The van der Waals surface area contributed by atoms with Crippen molar-refractivity contribution in [1.29, 1.82) is 0 Å². The van der Waals surface area contributed by atoms with Gasteiger partial charge in [-0.3, -0.25) is 0 Å². The van der Waals surface area contributed by atoms with E-state index in [4.69, 9.17) is 0 Å². The van der Waals surface area contributed by atoms with Gasteiger partial charge in [0.15, 0.2) is 0 Å². The van der Waals surface area contributed by atoms with E-state index in [2.05, 4.69) is 42.6 Å². The Balaban J connectivity index is 2.11. The Kier molecular flexibility index (Phi) is 1.32. The van der Waals surface area contributed by atoms with Crippen molar-refractivity contribution in [3.63, 3.8) is 0 Å². The van der Waals surface area contributed by atoms with Gasteiger partial charge in [0.25, 0.3) is 0 Å². The number of fused-ring (bicyclic) bond motifs is 3. The van der Waals surface area contributed by atoms with Gasteiger partial charge >= 0.3 is 0 Å². The molecule has 1 aliphatic heterocycles. The number of nitrogens with one attached hydrogen (secondary N) is 1. The zero-order valence-electron chi connectivity index (χ0n) is 7.75. The van der Waals surface area contributed by atoms with Crippen LogP contribution in [0.4, 0.5) is 5.69 Å². The van der Waals surface area contributed by atoms with Crippen LogP contribution in [0.3, 0.4) is 0 Å². The van der Waals surface area contributed by atoms with Crippen molar-refractivity contribution in [3.8, 4) is 0 Å². The molecule has 0 radical (unpaired) electrons. The van der Waals surface area contributed by atoms with Crippen molar-refractivity contribution in [2.75, 3.05) is 5.32 Å². The van der Waals surface area contributed by atoms with Crippen LogP contribution in [0.25, 0.3) is 0 Å². The molecule has 0 saturated carbocycles. The van der Waals surface area contributed by atoms with Crippen LogP contribution in [0.15, 0.2) is 30.4 Å². The van der Waals surface area contributed by atoms with Crippen LogP contribution < -0.4 is 5.32 Å². The van der Waals surface area contributed by atoms with Crippen LogP contribution in [0, 0.1) is 6.92 Å². The van der Waals surface area contributed by atoms with Gasteiger partial charge < -0.3 is 5.32 Å². The van der Waals surface area contributed by atoms with Crippen LogP contribution in [-0.2, 0) is 0 Å². The van der Waals surface area contributed by atoms with E-state index in [9.17, 15) is 0 Å². The van der Waals surface area contributed by atoms with Gasteiger partial charge in [0.1, 0.15) is 0 Å². The smallest absolute Gasteiger partial charge is 0.0516 e. The quantitative estimate of drug-likeness (QED) is 0.592. The number of benzene rings is 1. The third-order valence-corrected chi connectivity index (χ3v) is 3.10. The zero-order chi connectivity index (χ0) is 8.84. The van der Waals surface area contributed by atoms with Crippen LogP contribution in [0.1, 0.15) is 23.5 Å². The Morgan fingerprint density at radius 2 is 2.31 bits per heavy atom. The van der Waals surface area contributed by atoms with E-state index in [1.165, 1.54) is 23.2 Å². The highest BCUT2D eigenvalue weighted by Crippen LogP contribution is 2.42. The maximum Gasteiger partial charge on any atom is 0.0516 e. The number of hydrogen-bond acceptors (Lipinski definition) is 1. The van der Waals surface area contributed by atoms with Gasteiger partial charge in [0.05, 0.1) is 6.04 Å². The highest BCUT2D eigenvalue weighted by molar-refractivity contribution is 5.62. The fraction of sp³-hybridized carbons (Fsp3) is 0.333. The van der Waals surface area contributed by atoms with E-state index < -0.39 is 0 Å². The van der Waals surface area contributed by atoms with Crippen LogP contribution >= 0.6 is 0 Å². The molecule has 2 atom stereocenters. The van der Waals surface area contributed by atoms with Crippen molar-refractivity contribution in [2.24, 2.45) is 0 Å². The standard InChI is InChI=1S/C12H13N/c1-8-5-6-12-10(7-8)9-3-2-4-11(9)13-12/h2,4-7,9,11,13H,3H2,1H3. The summed E-state index contributed by atoms with van der Waals surface area (Å²) in [6.45, 7) is 2.16. The fourth-order valence-corrected chi connectivity index (χ4v) is 2.42. The molecule has 0 amide bonds. The summed E-state index contributed by atoms with van der Waals surface area (Å²) in [7, 11) is 0. The molecule has 0 saturated heterocycles. The van der Waals surface area contributed by atoms with Gasteiger partial charge in [-0.2, -0.15) is 0 Å². The maximum atomic E-state index is 3.54. The van der Waals surface area contributed by atoms with Gasteiger partial charge in [0.2, 0.25) is 0 Å². The highest BCUT2D eigenvalue weighted by Gasteiger charge is 2.32. The van der Waals surface area contributed by atoms with E-state index >= 15 is 0 Å². The Morgan fingerprint density at radius 3 is 3.23 bits per heavy atom. The van der Waals surface area contributed by atoms with Gasteiger partial charge in [-0.15, -0.1) is 0 Å². The SMILES string of the molecule is Cc1ccc2c(c1)C1CC=CC1N2. The Hall–Kier alpha value is -1.24. The maximum absolute atomic E-state index is 3.54. The van der Waals surface area contributed by atoms with E-state index in [0.717, 1.165) is 0 Å². The summed E-state index contributed by atoms with van der Waals surface area (Å²) < 4.78 is 0. The molecule has 1 nitrogen and oxygen atoms in total. The first-order valence-electron chi connectivity index (χ1n) is 4.88. The average Bonchev–Trinajstić information content (AvgIpc) is 2.64. The van der Waals surface area contributed by atoms with Crippen molar-refractivity contribution in [1.82, 2.24) is 0 Å². The van der Waals surface area contributed by atoms with Gasteiger partial charge in [-0.1, -0.05) is 29.8 Å². The summed E-state index contributed by atoms with van der Waals surface area (Å²) in [5, 5.41) is 3.54. The van der Waals surface area contributed by atoms with Crippen molar-refractivity contribution < 1.29 is 0 Å². The predicted octanol–water partition coefficient (Wildman–Crippen LogP) is 2.83. The molecule has 3 rings (SSSR count). The molecule has 0 fully saturated rings. The summed E-state index contributed by atoms with van der Waals surface area (Å²) >= 11 is 0. The summed E-state index contributed by atoms with van der Waals surface area (Å²) in [5.74, 6) is 0.704. The minimum atomic E-state index is 0.566. The van der Waals surface area contributed by atoms with E-state index in [1.807, 2.05) is 0 Å². The average molecular weight is 171 g/mol. The number of anilines is 1. The fourth-order valence-electron chi connectivity index (χ4n) is 2.42. The highest BCUT2D eigenvalue weighted by atomic mass is 15.0. The van der Waals surface area contributed by atoms with E-state index in [1.54, 1.807) is 0 Å². The normalized spacial score (nSPS) is 28.4. The first-order chi connectivity index (χ1) is 6.34. The molecule has 1 aliphatic carbocycles. The van der Waals surface area contributed by atoms with Gasteiger partial charge in [-0.25, -0.2) is 0 Å². The second-order valence-corrected chi connectivity index (χ2v) is 4.03. The number of allylic oxidation sites excluding steroid dienone is 1. The second-order valence-electron chi connectivity index (χ2n) is 4.03. The number of rotatable bonds is 0. The molecule has 0 aromatic heterocycles. The summed E-state index contributed by atoms with van der Waals surface area (Å²) in [6.07, 6.45) is 5.78. The summed E-state index contributed by atoms with van der Waals surface area (Å²) in [4.78, 5) is 0. The molecule has 66 valence electrons. The van der Waals surface area contributed by atoms with Crippen molar-refractivity contribution in [2.45, 2.75) is 25.3 Å². The molecular weight excluding hydrogens is 158 g/mol. The van der Waals surface area contributed by atoms with Crippen molar-refractivity contribution >= 4 is 5.69 Å². The Labute approximate surface area is 78.5 Å². The first kappa shape index (κ1) is 7.19. The van der Waals surface area contributed by atoms with Crippen LogP contribution in [-0.4, -0.2) is 6.04 Å². The summed E-state index contributed by atoms with van der Waals surface area (Å²) in [6, 6.07) is 7.27. The third kappa shape index (κ3) is 0.932. The Morgan fingerprint density at radius 1 is 1.38 bits per heavy atom. The lowest BCUT2D eigenvalue weighted by molar-refractivity contribution is 0.727. The molecule has 2 aliphatic rings. The van der Waals surface area contributed by atoms with Gasteiger partial charge in [-0.05, 0) is 25.0 Å². The van der Waals surface area contributed by atoms with E-state index in [-0.39, 0.29) is 0 Å². The lowest BCUT2D eigenvalue weighted by atomic mass is 9.95. The molecule has 2 unspecified atom stereocenters. The van der Waals surface area contributed by atoms with Crippen molar-refractivity contribution in [3.05, 3.63) is 41.5 Å². The number of hydrogen-bond donors (Lipinski definition) is 1. The predicted molar refractivity (Wildman–Crippen MR) is 55.1 cm³/mol. The molecule has 1 heterocycles. The molecule has 1 N–H and O–H groups in total. The lowest BCUT2D eigenvalue weighted by Crippen LogP contribution is -2.12. The minimum absolute atomic E-state index is 0.566. The molecule has 0 spiro atoms. The molecule has 1 aromatic rings. The van der Waals surface area contributed by atoms with E-state index in [0.29, 0.717) is 12.0 Å². The topological polar surface area (TPSA) is 12.0 Å². The molecular formula is C12H13N. The summed E-state index contributed by atoms with van der Waals surface area (Å²) in [5.41, 5.74) is 4.22. The monoisotopic (exact) mass is 171 g/mol. The number of aryl methyl sites for hydroxylation is 1. The molecule has 0 bridgehead atoms. The molecule has 1 aromatic carbocycles. The van der Waals surface area contributed by atoms with Gasteiger partial charge in [0, 0.05) is 11.6 Å². The molecule has 1 heteroatoms. The minimum Gasteiger partial charge on any atom is -0.378 e. The lowest BCUT2D eigenvalue weighted by Gasteiger charge is -2.08. The zero-order valence-corrected chi connectivity index (χ0v) is 7.75. The molecule has 13 heavy (non-hydrogen) atoms. The Bertz CT molecular complexity index is 379.